The second-order valence-corrected chi connectivity index (χ2v) is 8.13. The van der Waals surface area contributed by atoms with Crippen molar-refractivity contribution >= 4 is 23.2 Å². The molecule has 0 fully saturated rings. The number of carbonyl (C=O) groups is 1. The van der Waals surface area contributed by atoms with Gasteiger partial charge in [0.15, 0.2) is 0 Å². The molecule has 31 heavy (non-hydrogen) atoms. The fourth-order valence-electron chi connectivity index (χ4n) is 3.32. The van der Waals surface area contributed by atoms with Gasteiger partial charge in [-0.1, -0.05) is 13.0 Å². The van der Waals surface area contributed by atoms with Gasteiger partial charge in [0.1, 0.15) is 17.0 Å². The van der Waals surface area contributed by atoms with Crippen LogP contribution < -0.4 is 10.3 Å². The molecule has 0 spiro atoms. The van der Waals surface area contributed by atoms with E-state index in [4.69, 9.17) is 9.47 Å². The number of esters is 1. The van der Waals surface area contributed by atoms with Crippen LogP contribution in [0.15, 0.2) is 70.9 Å². The lowest BCUT2D eigenvalue weighted by Gasteiger charge is -2.15. The number of thioether (sulfide) groups is 1. The maximum Gasteiger partial charge on any atom is 0.337 e. The predicted octanol–water partition coefficient (Wildman–Crippen LogP) is 4.39. The molecule has 4 rings (SSSR count). The van der Waals surface area contributed by atoms with Crippen LogP contribution in [0.2, 0.25) is 0 Å². The standard InChI is InChI=1S/C23H21N3O4S/c1-4-31-17-8-9-21(30-16-7-5-6-15(10-16)23(28)29-3)18(11-17)20-13-25(2)22(27)19-12-24-14-26(19)20/h5-14H,4H2,1-3H3. The van der Waals surface area contributed by atoms with Crippen molar-refractivity contribution in [2.24, 2.45) is 7.05 Å². The molecule has 2 aromatic carbocycles. The first kappa shape index (κ1) is 20.7. The molecule has 0 saturated carbocycles. The highest BCUT2D eigenvalue weighted by Crippen LogP contribution is 2.36. The van der Waals surface area contributed by atoms with Crippen LogP contribution in [0, 0.1) is 0 Å². The van der Waals surface area contributed by atoms with Crippen molar-refractivity contribution in [3.05, 3.63) is 77.1 Å². The van der Waals surface area contributed by atoms with E-state index in [-0.39, 0.29) is 5.56 Å². The Kier molecular flexibility index (Phi) is 5.81. The average Bonchev–Trinajstić information content (AvgIpc) is 3.27. The number of hydrogen-bond donors (Lipinski definition) is 0. The normalized spacial score (nSPS) is 10.9. The van der Waals surface area contributed by atoms with E-state index in [9.17, 15) is 9.59 Å². The Hall–Kier alpha value is -3.52. The third kappa shape index (κ3) is 4.06. The molecular weight excluding hydrogens is 414 g/mol. The van der Waals surface area contributed by atoms with E-state index in [1.165, 1.54) is 11.7 Å². The summed E-state index contributed by atoms with van der Waals surface area (Å²) in [5.74, 6) is 1.59. The summed E-state index contributed by atoms with van der Waals surface area (Å²) in [5.41, 5.74) is 2.33. The van der Waals surface area contributed by atoms with Crippen LogP contribution in [0.4, 0.5) is 0 Å². The van der Waals surface area contributed by atoms with E-state index >= 15 is 0 Å². The minimum absolute atomic E-state index is 0.131. The minimum atomic E-state index is -0.432. The largest absolute Gasteiger partial charge is 0.465 e. The van der Waals surface area contributed by atoms with E-state index in [1.807, 2.05) is 18.2 Å². The first-order chi connectivity index (χ1) is 15.0. The number of rotatable bonds is 6. The topological polar surface area (TPSA) is 74.8 Å². The lowest BCUT2D eigenvalue weighted by molar-refractivity contribution is 0.0600. The highest BCUT2D eigenvalue weighted by atomic mass is 32.2. The molecule has 0 radical (unpaired) electrons. The molecule has 0 N–H and O–H groups in total. The summed E-state index contributed by atoms with van der Waals surface area (Å²) in [6.07, 6.45) is 4.94. The van der Waals surface area contributed by atoms with Gasteiger partial charge in [-0.3, -0.25) is 9.20 Å². The molecule has 8 heteroatoms. The lowest BCUT2D eigenvalue weighted by Crippen LogP contribution is -2.19. The number of hydrogen-bond acceptors (Lipinski definition) is 6. The number of methoxy groups -OCH3 is 1. The van der Waals surface area contributed by atoms with Crippen LogP contribution >= 0.6 is 11.8 Å². The van der Waals surface area contributed by atoms with Crippen LogP contribution in [0.25, 0.3) is 16.8 Å². The van der Waals surface area contributed by atoms with Gasteiger partial charge in [0, 0.05) is 23.7 Å². The molecule has 0 unspecified atom stereocenters. The monoisotopic (exact) mass is 435 g/mol. The fourth-order valence-corrected chi connectivity index (χ4v) is 4.01. The first-order valence-corrected chi connectivity index (χ1v) is 10.7. The molecular formula is C23H21N3O4S. The number of imidazole rings is 1. The Bertz CT molecular complexity index is 1330. The number of carbonyl (C=O) groups excluding carboxylic acids is 1. The van der Waals surface area contributed by atoms with Gasteiger partial charge < -0.3 is 14.0 Å². The molecule has 0 bridgehead atoms. The van der Waals surface area contributed by atoms with Gasteiger partial charge in [0.25, 0.3) is 5.56 Å². The second-order valence-electron chi connectivity index (χ2n) is 6.79. The van der Waals surface area contributed by atoms with Gasteiger partial charge in [0.05, 0.1) is 30.9 Å². The van der Waals surface area contributed by atoms with E-state index < -0.39 is 5.97 Å². The van der Waals surface area contributed by atoms with E-state index in [0.717, 1.165) is 21.9 Å². The zero-order valence-electron chi connectivity index (χ0n) is 17.4. The van der Waals surface area contributed by atoms with Gasteiger partial charge in [-0.15, -0.1) is 11.8 Å². The van der Waals surface area contributed by atoms with Crippen molar-refractivity contribution in [3.8, 4) is 22.8 Å². The van der Waals surface area contributed by atoms with Crippen molar-refractivity contribution in [1.82, 2.24) is 14.0 Å². The zero-order valence-corrected chi connectivity index (χ0v) is 18.2. The highest BCUT2D eigenvalue weighted by molar-refractivity contribution is 7.99. The van der Waals surface area contributed by atoms with Crippen LogP contribution in [-0.4, -0.2) is 32.8 Å². The number of aryl methyl sites for hydroxylation is 1. The minimum Gasteiger partial charge on any atom is -0.465 e. The number of nitrogens with zero attached hydrogens (tertiary/aromatic N) is 3. The van der Waals surface area contributed by atoms with Crippen LogP contribution in [0.3, 0.4) is 0 Å². The van der Waals surface area contributed by atoms with E-state index in [1.54, 1.807) is 66.2 Å². The molecule has 0 aliphatic heterocycles. The van der Waals surface area contributed by atoms with Crippen LogP contribution in [0.5, 0.6) is 11.5 Å². The van der Waals surface area contributed by atoms with Crippen molar-refractivity contribution in [2.45, 2.75) is 11.8 Å². The van der Waals surface area contributed by atoms with Gasteiger partial charge >= 0.3 is 5.97 Å². The lowest BCUT2D eigenvalue weighted by atomic mass is 10.1. The molecule has 4 aromatic rings. The Morgan fingerprint density at radius 2 is 2.03 bits per heavy atom. The summed E-state index contributed by atoms with van der Waals surface area (Å²) in [7, 11) is 3.05. The Morgan fingerprint density at radius 3 is 2.81 bits per heavy atom. The molecule has 0 amide bonds. The molecule has 2 heterocycles. The Labute approximate surface area is 183 Å². The van der Waals surface area contributed by atoms with Crippen molar-refractivity contribution in [3.63, 3.8) is 0 Å². The summed E-state index contributed by atoms with van der Waals surface area (Å²) >= 11 is 1.71. The number of fused-ring (bicyclic) bond motifs is 1. The Balaban J connectivity index is 1.86. The molecule has 0 aliphatic rings. The highest BCUT2D eigenvalue weighted by Gasteiger charge is 2.16. The summed E-state index contributed by atoms with van der Waals surface area (Å²) in [5, 5.41) is 0. The Morgan fingerprint density at radius 1 is 1.19 bits per heavy atom. The predicted molar refractivity (Wildman–Crippen MR) is 120 cm³/mol. The molecule has 7 nitrogen and oxygen atoms in total. The van der Waals surface area contributed by atoms with Crippen molar-refractivity contribution < 1.29 is 14.3 Å². The SMILES string of the molecule is CCSc1ccc(Oc2cccc(C(=O)OC)c2)c(-c2cn(C)c(=O)c3cncn23)c1. The molecule has 158 valence electrons. The van der Waals surface area contributed by atoms with Gasteiger partial charge in [-0.25, -0.2) is 9.78 Å². The summed E-state index contributed by atoms with van der Waals surface area (Å²) < 4.78 is 14.3. The molecule has 0 atom stereocenters. The van der Waals surface area contributed by atoms with E-state index in [2.05, 4.69) is 11.9 Å². The van der Waals surface area contributed by atoms with Crippen LogP contribution in [-0.2, 0) is 11.8 Å². The smallest absolute Gasteiger partial charge is 0.337 e. The number of aromatic nitrogens is 3. The van der Waals surface area contributed by atoms with Crippen LogP contribution in [0.1, 0.15) is 17.3 Å². The number of ether oxygens (including phenoxy) is 2. The summed E-state index contributed by atoms with van der Waals surface area (Å²) in [4.78, 5) is 29.6. The van der Waals surface area contributed by atoms with Gasteiger partial charge in [0.2, 0.25) is 0 Å². The fraction of sp³-hybridized carbons (Fsp3) is 0.174. The quantitative estimate of drug-likeness (QED) is 0.330. The maximum atomic E-state index is 12.5. The third-order valence-electron chi connectivity index (χ3n) is 4.77. The summed E-state index contributed by atoms with van der Waals surface area (Å²) in [6, 6.07) is 12.7. The molecule has 0 aliphatic carbocycles. The third-order valence-corrected chi connectivity index (χ3v) is 5.65. The average molecular weight is 436 g/mol. The van der Waals surface area contributed by atoms with Crippen molar-refractivity contribution in [2.75, 3.05) is 12.9 Å². The maximum absolute atomic E-state index is 12.5. The van der Waals surface area contributed by atoms with Gasteiger partial charge in [-0.2, -0.15) is 0 Å². The molecule has 2 aromatic heterocycles. The number of benzene rings is 2. The van der Waals surface area contributed by atoms with Gasteiger partial charge in [-0.05, 0) is 42.2 Å². The first-order valence-electron chi connectivity index (χ1n) is 9.67. The second kappa shape index (κ2) is 8.69. The van der Waals surface area contributed by atoms with E-state index in [0.29, 0.717) is 22.6 Å². The summed E-state index contributed by atoms with van der Waals surface area (Å²) in [6.45, 7) is 2.09. The van der Waals surface area contributed by atoms with Crippen molar-refractivity contribution in [1.29, 1.82) is 0 Å². The molecule has 0 saturated heterocycles. The zero-order chi connectivity index (χ0) is 22.0.